The molecule has 1 aromatic heterocycles. The molecule has 0 atom stereocenters. The molecule has 0 radical (unpaired) electrons. The van der Waals surface area contributed by atoms with Crippen LogP contribution in [0.15, 0.2) is 23.3 Å². The summed E-state index contributed by atoms with van der Waals surface area (Å²) in [4.78, 5) is 20.1. The molecule has 0 spiro atoms. The van der Waals surface area contributed by atoms with Gasteiger partial charge in [0.25, 0.3) is 0 Å². The number of hydrogen-bond donors (Lipinski definition) is 3. The zero-order valence-electron chi connectivity index (χ0n) is 17.8. The predicted octanol–water partition coefficient (Wildman–Crippen LogP) is 3.07. The molecule has 0 aromatic carbocycles. The van der Waals surface area contributed by atoms with Crippen LogP contribution in [0.5, 0.6) is 5.88 Å². The van der Waals surface area contributed by atoms with Crippen molar-refractivity contribution in [3.05, 3.63) is 23.9 Å². The Balaban J connectivity index is 0.00000420. The van der Waals surface area contributed by atoms with Gasteiger partial charge in [0.15, 0.2) is 5.96 Å². The van der Waals surface area contributed by atoms with Gasteiger partial charge in [0.05, 0.1) is 6.61 Å². The molecule has 2 rings (SSSR count). The van der Waals surface area contributed by atoms with Crippen LogP contribution >= 0.6 is 24.0 Å². The smallest absolute Gasteiger partial charge is 0.407 e. The first-order valence-corrected chi connectivity index (χ1v) is 9.85. The number of aromatic nitrogens is 1. The number of rotatable bonds is 9. The summed E-state index contributed by atoms with van der Waals surface area (Å²) in [7, 11) is 1.72. The zero-order valence-corrected chi connectivity index (χ0v) is 20.1. The Morgan fingerprint density at radius 1 is 1.21 bits per heavy atom. The van der Waals surface area contributed by atoms with Gasteiger partial charge in [0, 0.05) is 38.9 Å². The highest BCUT2D eigenvalue weighted by Gasteiger charge is 2.22. The molecule has 3 N–H and O–H groups in total. The molecular formula is C20H34IN5O3. The quantitative estimate of drug-likeness (QED) is 0.201. The first-order valence-electron chi connectivity index (χ1n) is 9.85. The van der Waals surface area contributed by atoms with Crippen molar-refractivity contribution in [3.8, 4) is 5.88 Å². The molecular weight excluding hydrogens is 485 g/mol. The molecule has 1 saturated carbocycles. The molecule has 1 aliphatic carbocycles. The van der Waals surface area contributed by atoms with Crippen LogP contribution in [0.4, 0.5) is 4.79 Å². The number of carbonyl (C=O) groups excluding carboxylic acids is 1. The number of guanidine groups is 1. The summed E-state index contributed by atoms with van der Waals surface area (Å²) >= 11 is 0. The van der Waals surface area contributed by atoms with E-state index in [4.69, 9.17) is 9.47 Å². The maximum absolute atomic E-state index is 11.6. The van der Waals surface area contributed by atoms with Crippen molar-refractivity contribution in [3.63, 3.8) is 0 Å². The maximum atomic E-state index is 11.6. The molecule has 8 nitrogen and oxygen atoms in total. The highest BCUT2D eigenvalue weighted by molar-refractivity contribution is 14.0. The molecule has 1 fully saturated rings. The third-order valence-corrected chi connectivity index (χ3v) is 3.96. The number of aliphatic imine (C=N–C) groups is 1. The topological polar surface area (TPSA) is 96.9 Å². The van der Waals surface area contributed by atoms with Crippen LogP contribution in [0.25, 0.3) is 0 Å². The van der Waals surface area contributed by atoms with Gasteiger partial charge in [-0.15, -0.1) is 24.0 Å². The maximum Gasteiger partial charge on any atom is 0.407 e. The summed E-state index contributed by atoms with van der Waals surface area (Å²) in [5.74, 6) is 2.10. The van der Waals surface area contributed by atoms with Crippen LogP contribution in [-0.2, 0) is 11.3 Å². The minimum absolute atomic E-state index is 0. The number of halogens is 1. The Morgan fingerprint density at radius 2 is 1.93 bits per heavy atom. The molecule has 1 amide bonds. The number of hydrogen-bond acceptors (Lipinski definition) is 5. The van der Waals surface area contributed by atoms with E-state index < -0.39 is 11.7 Å². The van der Waals surface area contributed by atoms with Gasteiger partial charge in [-0.25, -0.2) is 9.78 Å². The lowest BCUT2D eigenvalue weighted by Gasteiger charge is -2.19. The van der Waals surface area contributed by atoms with Gasteiger partial charge in [-0.3, -0.25) is 4.99 Å². The average molecular weight is 519 g/mol. The number of nitrogens with one attached hydrogen (secondary N) is 3. The molecule has 0 bridgehead atoms. The Kier molecular flexibility index (Phi) is 11.1. The minimum atomic E-state index is -0.481. The lowest BCUT2D eigenvalue weighted by molar-refractivity contribution is 0.0527. The average Bonchev–Trinajstić information content (AvgIpc) is 3.46. The van der Waals surface area contributed by atoms with E-state index >= 15 is 0 Å². The molecule has 0 aliphatic heterocycles. The van der Waals surface area contributed by atoms with Crippen LogP contribution < -0.4 is 20.7 Å². The van der Waals surface area contributed by atoms with E-state index in [-0.39, 0.29) is 24.0 Å². The summed E-state index contributed by atoms with van der Waals surface area (Å²) in [6.45, 7) is 8.12. The fraction of sp³-hybridized carbons (Fsp3) is 0.650. The van der Waals surface area contributed by atoms with Crippen LogP contribution in [0, 0.1) is 5.92 Å². The second-order valence-electron chi connectivity index (χ2n) is 7.89. The molecule has 0 unspecified atom stereocenters. The lowest BCUT2D eigenvalue weighted by atomic mass is 10.2. The summed E-state index contributed by atoms with van der Waals surface area (Å²) in [6, 6.07) is 3.90. The normalized spacial score (nSPS) is 13.9. The highest BCUT2D eigenvalue weighted by atomic mass is 127. The zero-order chi connectivity index (χ0) is 20.4. The van der Waals surface area contributed by atoms with Crippen molar-refractivity contribution in [2.45, 2.75) is 52.2 Å². The second-order valence-corrected chi connectivity index (χ2v) is 7.89. The van der Waals surface area contributed by atoms with E-state index in [1.54, 1.807) is 7.05 Å². The number of alkyl carbamates (subject to hydrolysis) is 1. The predicted molar refractivity (Wildman–Crippen MR) is 125 cm³/mol. The Hall–Kier alpha value is -1.78. The van der Waals surface area contributed by atoms with Gasteiger partial charge >= 0.3 is 6.09 Å². The van der Waals surface area contributed by atoms with Crippen molar-refractivity contribution >= 4 is 36.0 Å². The Labute approximate surface area is 190 Å². The largest absolute Gasteiger partial charge is 0.477 e. The standard InChI is InChI=1S/C20H33N5O3.HI/c1-20(2,3)28-19(26)23-11-5-10-22-18(21-4)25-13-16-8-9-17(24-12-16)27-14-15-6-7-15;/h8-9,12,15H,5-7,10-11,13-14H2,1-4H3,(H,23,26)(H2,21,22,25);1H. The number of ether oxygens (including phenoxy) is 2. The van der Waals surface area contributed by atoms with Gasteiger partial charge in [-0.05, 0) is 51.5 Å². The van der Waals surface area contributed by atoms with E-state index in [9.17, 15) is 4.79 Å². The number of amides is 1. The van der Waals surface area contributed by atoms with Crippen LogP contribution in [-0.4, -0.2) is 49.4 Å². The van der Waals surface area contributed by atoms with Gasteiger partial charge < -0.3 is 25.4 Å². The van der Waals surface area contributed by atoms with E-state index in [0.717, 1.165) is 24.5 Å². The van der Waals surface area contributed by atoms with Gasteiger partial charge in [-0.2, -0.15) is 0 Å². The fourth-order valence-corrected chi connectivity index (χ4v) is 2.29. The van der Waals surface area contributed by atoms with Gasteiger partial charge in [0.1, 0.15) is 5.60 Å². The van der Waals surface area contributed by atoms with Crippen molar-refractivity contribution in [2.75, 3.05) is 26.7 Å². The van der Waals surface area contributed by atoms with Gasteiger partial charge in [0.2, 0.25) is 5.88 Å². The highest BCUT2D eigenvalue weighted by Crippen LogP contribution is 2.29. The molecule has 1 aromatic rings. The first kappa shape index (κ1) is 25.3. The monoisotopic (exact) mass is 519 g/mol. The molecule has 0 saturated heterocycles. The minimum Gasteiger partial charge on any atom is -0.477 e. The van der Waals surface area contributed by atoms with E-state index in [2.05, 4.69) is 25.9 Å². The van der Waals surface area contributed by atoms with Crippen LogP contribution in [0.3, 0.4) is 0 Å². The van der Waals surface area contributed by atoms with Crippen LogP contribution in [0.2, 0.25) is 0 Å². The van der Waals surface area contributed by atoms with Crippen molar-refractivity contribution in [2.24, 2.45) is 10.9 Å². The molecule has 164 valence electrons. The summed E-state index contributed by atoms with van der Waals surface area (Å²) in [5, 5.41) is 9.19. The molecule has 1 heterocycles. The van der Waals surface area contributed by atoms with Gasteiger partial charge in [-0.1, -0.05) is 6.07 Å². The van der Waals surface area contributed by atoms with Crippen molar-refractivity contribution in [1.82, 2.24) is 20.9 Å². The Morgan fingerprint density at radius 3 is 2.52 bits per heavy atom. The lowest BCUT2D eigenvalue weighted by Crippen LogP contribution is -2.39. The number of carbonyl (C=O) groups is 1. The second kappa shape index (κ2) is 12.7. The summed E-state index contributed by atoms with van der Waals surface area (Å²) in [5.41, 5.74) is 0.568. The number of pyridine rings is 1. The molecule has 1 aliphatic rings. The third kappa shape index (κ3) is 11.7. The van der Waals surface area contributed by atoms with Crippen molar-refractivity contribution in [1.29, 1.82) is 0 Å². The molecule has 29 heavy (non-hydrogen) atoms. The van der Waals surface area contributed by atoms with E-state index in [1.165, 1.54) is 12.8 Å². The number of nitrogens with zero attached hydrogens (tertiary/aromatic N) is 2. The van der Waals surface area contributed by atoms with E-state index in [0.29, 0.717) is 31.5 Å². The summed E-state index contributed by atoms with van der Waals surface area (Å²) in [6.07, 6.45) is 4.71. The van der Waals surface area contributed by atoms with E-state index in [1.807, 2.05) is 39.1 Å². The Bertz CT molecular complexity index is 643. The third-order valence-electron chi connectivity index (χ3n) is 3.96. The SMILES string of the molecule is CN=C(NCCCNC(=O)OC(C)(C)C)NCc1ccc(OCC2CC2)nc1.I. The first-order chi connectivity index (χ1) is 13.4. The fourth-order valence-electron chi connectivity index (χ4n) is 2.29. The molecule has 9 heteroatoms. The summed E-state index contributed by atoms with van der Waals surface area (Å²) < 4.78 is 10.8. The van der Waals surface area contributed by atoms with Crippen molar-refractivity contribution < 1.29 is 14.3 Å². The van der Waals surface area contributed by atoms with Crippen LogP contribution in [0.1, 0.15) is 45.6 Å².